The first-order chi connectivity index (χ1) is 10.8. The Kier molecular flexibility index (Phi) is 9.81. The van der Waals surface area contributed by atoms with Crippen molar-refractivity contribution in [1.82, 2.24) is 4.90 Å². The van der Waals surface area contributed by atoms with Crippen LogP contribution >= 0.6 is 0 Å². The first kappa shape index (κ1) is 18.9. The monoisotopic (exact) mass is 483 g/mol. The average Bonchev–Trinajstić information content (AvgIpc) is 2.64. The molecule has 0 amide bonds. The quantitative estimate of drug-likeness (QED) is 0.456. The van der Waals surface area contributed by atoms with Crippen LogP contribution in [0.25, 0.3) is 5.84 Å². The van der Waals surface area contributed by atoms with Gasteiger partial charge in [-0.15, -0.1) is 12.1 Å². The van der Waals surface area contributed by atoms with Gasteiger partial charge in [0, 0.05) is 31.3 Å². The van der Waals surface area contributed by atoms with E-state index in [9.17, 15) is 0 Å². The summed E-state index contributed by atoms with van der Waals surface area (Å²) in [6, 6.07) is 10.7. The van der Waals surface area contributed by atoms with Crippen molar-refractivity contribution in [2.75, 3.05) is 33.4 Å². The van der Waals surface area contributed by atoms with Crippen molar-refractivity contribution < 1.29 is 31.6 Å². The van der Waals surface area contributed by atoms with Crippen molar-refractivity contribution in [2.45, 2.75) is 18.9 Å². The predicted molar refractivity (Wildman–Crippen MR) is 79.7 cm³/mol. The van der Waals surface area contributed by atoms with Gasteiger partial charge >= 0.3 is 22.1 Å². The van der Waals surface area contributed by atoms with Gasteiger partial charge in [0.1, 0.15) is 0 Å². The molecule has 0 unspecified atom stereocenters. The topological polar surface area (TPSA) is 74.9 Å². The molecule has 0 aromatic heterocycles. The first-order valence-corrected chi connectivity index (χ1v) is 8.05. The van der Waals surface area contributed by atoms with E-state index in [-0.39, 0.29) is 0 Å². The summed E-state index contributed by atoms with van der Waals surface area (Å²) >= 11 is 0.611. The number of hydrogen-bond acceptors (Lipinski definition) is 5. The Morgan fingerprint density at radius 1 is 1.41 bits per heavy atom. The van der Waals surface area contributed by atoms with Gasteiger partial charge in [0.25, 0.3) is 0 Å². The zero-order valence-corrected chi connectivity index (χ0v) is 15.1. The zero-order valence-electron chi connectivity index (χ0n) is 12.6. The van der Waals surface area contributed by atoms with E-state index in [1.807, 2.05) is 24.3 Å². The summed E-state index contributed by atoms with van der Waals surface area (Å²) in [6.45, 7) is 3.80. The third kappa shape index (κ3) is 6.31. The number of piperidine rings is 1. The number of hydrogen-bond donors (Lipinski definition) is 0. The molecule has 2 aliphatic rings. The Bertz CT molecular complexity index is 445. The maximum atomic E-state index is 8.28. The van der Waals surface area contributed by atoms with Crippen LogP contribution in [0.2, 0.25) is 0 Å². The number of rotatable bonds is 1. The van der Waals surface area contributed by atoms with E-state index in [0.29, 0.717) is 24.6 Å². The van der Waals surface area contributed by atoms with Crippen LogP contribution in [0.3, 0.4) is 0 Å². The van der Waals surface area contributed by atoms with Crippen LogP contribution in [0, 0.1) is 6.07 Å². The second kappa shape index (κ2) is 11.4. The molecule has 2 aliphatic heterocycles. The number of benzene rings is 1. The van der Waals surface area contributed by atoms with Gasteiger partial charge in [0.15, 0.2) is 0 Å². The summed E-state index contributed by atoms with van der Waals surface area (Å²) in [5.41, 5.74) is 1.03. The Morgan fingerprint density at radius 3 is 2.73 bits per heavy atom. The minimum absolute atomic E-state index is 0.497. The van der Waals surface area contributed by atoms with Crippen molar-refractivity contribution in [2.24, 2.45) is 5.10 Å². The first-order valence-electron chi connectivity index (χ1n) is 7.02. The van der Waals surface area contributed by atoms with Crippen LogP contribution in [0.5, 0.6) is 5.75 Å². The fraction of sp³-hybridized carbons (Fsp3) is 0.533. The van der Waals surface area contributed by atoms with E-state index >= 15 is 0 Å². The van der Waals surface area contributed by atoms with E-state index in [2.05, 4.69) is 16.1 Å². The van der Waals surface area contributed by atoms with Gasteiger partial charge < -0.3 is 20.4 Å². The van der Waals surface area contributed by atoms with Crippen molar-refractivity contribution in [3.63, 3.8) is 0 Å². The van der Waals surface area contributed by atoms with Gasteiger partial charge in [-0.3, -0.25) is 4.90 Å². The van der Waals surface area contributed by atoms with Crippen LogP contribution in [0.15, 0.2) is 29.4 Å². The number of nitrogens with zero attached hydrogens (tertiary/aromatic N) is 2. The minimum atomic E-state index is 0.497. The van der Waals surface area contributed by atoms with Crippen LogP contribution in [-0.2, 0) is 26.8 Å². The Labute approximate surface area is 141 Å². The molecule has 2 heterocycles. The van der Waals surface area contributed by atoms with Gasteiger partial charge in [-0.1, -0.05) is 0 Å². The van der Waals surface area contributed by atoms with Gasteiger partial charge in [0.2, 0.25) is 0 Å². The average molecular weight is 482 g/mol. The zero-order chi connectivity index (χ0) is 16.2. The number of nitrogens with one attached hydrogen (secondary N) is 1. The summed E-state index contributed by atoms with van der Waals surface area (Å²) in [6.07, 6.45) is 1.91. The van der Waals surface area contributed by atoms with E-state index in [4.69, 9.17) is 18.9 Å². The number of methoxy groups -OCH3 is 1. The van der Waals surface area contributed by atoms with E-state index in [1.54, 1.807) is 7.11 Å². The molecule has 2 saturated heterocycles. The number of ether oxygens (including phenoxy) is 2. The molecule has 1 aromatic carbocycles. The molecule has 124 valence electrons. The Balaban J connectivity index is 0.000000211. The summed E-state index contributed by atoms with van der Waals surface area (Å²) in [5.74, 6) is 7.81. The Hall–Kier alpha value is -1.15. The van der Waals surface area contributed by atoms with Crippen molar-refractivity contribution in [3.8, 4) is 5.75 Å². The van der Waals surface area contributed by atoms with Crippen LogP contribution < -0.4 is 4.74 Å². The molecule has 0 spiro atoms. The summed E-state index contributed by atoms with van der Waals surface area (Å²) in [7, 11) is 1.65. The second-order valence-corrected chi connectivity index (χ2v) is 4.84. The predicted octanol–water partition coefficient (Wildman–Crippen LogP) is 2.26. The molecule has 0 bridgehead atoms. The molecule has 7 heteroatoms. The van der Waals surface area contributed by atoms with Gasteiger partial charge in [-0.2, -0.15) is 18.2 Å². The van der Waals surface area contributed by atoms with E-state index in [1.165, 1.54) is 0 Å². The van der Waals surface area contributed by atoms with E-state index < -0.39 is 0 Å². The second-order valence-electron chi connectivity index (χ2n) is 4.84. The molecule has 3 rings (SSSR count). The third-order valence-corrected chi connectivity index (χ3v) is 3.59. The van der Waals surface area contributed by atoms with Gasteiger partial charge in [0.05, 0.1) is 20.3 Å². The number of morpholine rings is 1. The van der Waals surface area contributed by atoms with Crippen molar-refractivity contribution >= 4 is 5.71 Å². The van der Waals surface area contributed by atoms with Gasteiger partial charge in [-0.05, 0) is 12.1 Å². The molecule has 2 fully saturated rings. The number of fused-ring (bicyclic) bond motifs is 1. The van der Waals surface area contributed by atoms with Crippen molar-refractivity contribution in [1.29, 1.82) is 0 Å². The van der Waals surface area contributed by atoms with Crippen molar-refractivity contribution in [3.05, 3.63) is 36.2 Å². The molecule has 1 aromatic rings. The third-order valence-electron chi connectivity index (χ3n) is 3.59. The molecule has 6 nitrogen and oxygen atoms in total. The maximum absolute atomic E-state index is 8.28. The summed E-state index contributed by atoms with van der Waals surface area (Å²) in [4.78, 5) is 2.44. The summed E-state index contributed by atoms with van der Waals surface area (Å²) in [5, 5.41) is 3.52. The fourth-order valence-electron chi connectivity index (χ4n) is 2.43. The SMILES string of the molecule is COc1cc[c-]cc1.[NH-]/N=C1\CCN2CCOC[C@@H]2C1.[O]=[Os]. The van der Waals surface area contributed by atoms with Crippen LogP contribution in [0.4, 0.5) is 0 Å². The normalized spacial score (nSPS) is 22.5. The van der Waals surface area contributed by atoms with Gasteiger partial charge in [-0.25, -0.2) is 0 Å². The van der Waals surface area contributed by atoms with Crippen LogP contribution in [0.1, 0.15) is 12.8 Å². The molecular weight excluding hydrogens is 460 g/mol. The molecule has 1 atom stereocenters. The Morgan fingerprint density at radius 2 is 2.14 bits per heavy atom. The van der Waals surface area contributed by atoms with E-state index in [0.717, 1.165) is 50.6 Å². The molecule has 0 radical (unpaired) electrons. The summed E-state index contributed by atoms with van der Waals surface area (Å²) < 4.78 is 18.5. The molecule has 0 aliphatic carbocycles. The standard InChI is InChI=1S/C8H14N3O.C7H7O.O.Os/c9-10-7-1-2-11-3-4-12-6-8(11)5-7;1-8-7-5-3-2-4-6-7;;/h8-9H,1-6H2;3-6H,1H3;;/q2*-1;;/b10-7+;;;/t8-;;;/m0.../s1. The molecule has 0 saturated carbocycles. The molecule has 1 N–H and O–H groups in total. The molecular formula is C15H21N3O3Os-2. The molecule has 22 heavy (non-hydrogen) atoms. The fourth-order valence-corrected chi connectivity index (χ4v) is 2.43. The van der Waals surface area contributed by atoms with Crippen LogP contribution in [-0.4, -0.2) is 50.1 Å².